The molecule has 0 saturated carbocycles. The molecule has 0 nitrogen and oxygen atoms in total. The number of rotatable bonds is 11. The van der Waals surface area contributed by atoms with E-state index in [1.165, 1.54) is 60.3 Å². The monoisotopic (exact) mass is 358 g/mol. The van der Waals surface area contributed by atoms with Crippen LogP contribution in [0, 0.1) is 0 Å². The molecule has 0 aromatic heterocycles. The summed E-state index contributed by atoms with van der Waals surface area (Å²) in [6, 6.07) is 0. The average molecular weight is 359 g/mol. The van der Waals surface area contributed by atoms with Gasteiger partial charge in [0.25, 0.3) is 0 Å². The molecule has 0 fully saturated rings. The van der Waals surface area contributed by atoms with E-state index in [4.69, 9.17) is 0 Å². The number of thioether (sulfide) groups is 1. The molecule has 0 rings (SSSR count). The highest BCUT2D eigenvalue weighted by Gasteiger charge is 1.92. The van der Waals surface area contributed by atoms with Crippen molar-refractivity contribution in [2.24, 2.45) is 0 Å². The predicted octanol–water partition coefficient (Wildman–Crippen LogP) is 6.92. The first-order valence-corrected chi connectivity index (χ1v) is 9.92. The molecule has 0 atom stereocenters. The summed E-state index contributed by atoms with van der Waals surface area (Å²) >= 11 is 5.50. The molecule has 0 aliphatic rings. The SMILES string of the molecule is CC(C)=CCC/C(C)=C/CC/C(C)=C/CSCCCBr. The summed E-state index contributed by atoms with van der Waals surface area (Å²) in [6.07, 6.45) is 13.2. The van der Waals surface area contributed by atoms with Crippen molar-refractivity contribution in [3.8, 4) is 0 Å². The second-order valence-electron chi connectivity index (χ2n) is 5.58. The summed E-state index contributed by atoms with van der Waals surface area (Å²) in [5.41, 5.74) is 4.49. The zero-order valence-electron chi connectivity index (χ0n) is 13.7. The number of halogens is 1. The van der Waals surface area contributed by atoms with E-state index in [1.54, 1.807) is 0 Å². The van der Waals surface area contributed by atoms with Crippen LogP contribution in [-0.2, 0) is 0 Å². The van der Waals surface area contributed by atoms with E-state index in [2.05, 4.69) is 61.9 Å². The third kappa shape index (κ3) is 14.5. The molecule has 0 unspecified atom stereocenters. The highest BCUT2D eigenvalue weighted by Crippen LogP contribution is 2.12. The van der Waals surface area contributed by atoms with E-state index < -0.39 is 0 Å². The van der Waals surface area contributed by atoms with Crippen molar-refractivity contribution in [2.45, 2.75) is 59.8 Å². The van der Waals surface area contributed by atoms with Crippen LogP contribution in [0.2, 0.25) is 0 Å². The average Bonchev–Trinajstić information content (AvgIpc) is 2.38. The Kier molecular flexibility index (Phi) is 14.0. The van der Waals surface area contributed by atoms with Gasteiger partial charge in [-0.05, 0) is 65.6 Å². The molecule has 0 aliphatic heterocycles. The fraction of sp³-hybridized carbons (Fsp3) is 0.667. The van der Waals surface area contributed by atoms with Crippen molar-refractivity contribution in [1.29, 1.82) is 0 Å². The van der Waals surface area contributed by atoms with Gasteiger partial charge in [0.1, 0.15) is 0 Å². The van der Waals surface area contributed by atoms with Crippen molar-refractivity contribution >= 4 is 27.7 Å². The molecule has 20 heavy (non-hydrogen) atoms. The molecule has 0 bridgehead atoms. The van der Waals surface area contributed by atoms with E-state index in [-0.39, 0.29) is 0 Å². The molecule has 0 aromatic carbocycles. The van der Waals surface area contributed by atoms with Crippen molar-refractivity contribution in [3.63, 3.8) is 0 Å². The van der Waals surface area contributed by atoms with Gasteiger partial charge < -0.3 is 0 Å². The lowest BCUT2D eigenvalue weighted by Crippen LogP contribution is -1.84. The van der Waals surface area contributed by atoms with Crippen LogP contribution in [0.5, 0.6) is 0 Å². The first kappa shape index (κ1) is 20.1. The van der Waals surface area contributed by atoms with Gasteiger partial charge in [0, 0.05) is 11.1 Å². The standard InChI is InChI=1S/C18H31BrS/c1-16(2)8-5-9-17(3)10-6-11-18(4)12-15-20-14-7-13-19/h8,10,12H,5-7,9,11,13-15H2,1-4H3/b17-10+,18-12+. The second kappa shape index (κ2) is 14.0. The van der Waals surface area contributed by atoms with E-state index in [0.29, 0.717) is 0 Å². The Morgan fingerprint density at radius 2 is 1.50 bits per heavy atom. The molecule has 0 radical (unpaired) electrons. The predicted molar refractivity (Wildman–Crippen MR) is 101 cm³/mol. The Bertz CT molecular complexity index is 322. The third-order valence-electron chi connectivity index (χ3n) is 3.09. The van der Waals surface area contributed by atoms with Crippen LogP contribution in [0.1, 0.15) is 59.8 Å². The van der Waals surface area contributed by atoms with Gasteiger partial charge in [-0.25, -0.2) is 0 Å². The quantitative estimate of drug-likeness (QED) is 0.219. The zero-order valence-corrected chi connectivity index (χ0v) is 16.1. The van der Waals surface area contributed by atoms with Gasteiger partial charge in [-0.15, -0.1) is 0 Å². The Morgan fingerprint density at radius 3 is 2.10 bits per heavy atom. The van der Waals surface area contributed by atoms with Crippen molar-refractivity contribution in [3.05, 3.63) is 34.9 Å². The summed E-state index contributed by atoms with van der Waals surface area (Å²) in [6.45, 7) is 8.86. The zero-order chi connectivity index (χ0) is 15.2. The molecule has 2 heteroatoms. The van der Waals surface area contributed by atoms with Crippen LogP contribution in [0.3, 0.4) is 0 Å². The number of allylic oxidation sites excluding steroid dienone is 5. The van der Waals surface area contributed by atoms with Crippen LogP contribution in [0.4, 0.5) is 0 Å². The van der Waals surface area contributed by atoms with Gasteiger partial charge in [0.05, 0.1) is 0 Å². The number of hydrogen-bond donors (Lipinski definition) is 0. The summed E-state index contributed by atoms with van der Waals surface area (Å²) in [7, 11) is 0. The summed E-state index contributed by atoms with van der Waals surface area (Å²) in [4.78, 5) is 0. The van der Waals surface area contributed by atoms with E-state index in [9.17, 15) is 0 Å². The van der Waals surface area contributed by atoms with Crippen molar-refractivity contribution < 1.29 is 0 Å². The molecule has 0 N–H and O–H groups in total. The molecular formula is C18H31BrS. The lowest BCUT2D eigenvalue weighted by atomic mass is 10.1. The minimum absolute atomic E-state index is 1.12. The number of hydrogen-bond acceptors (Lipinski definition) is 1. The molecule has 0 spiro atoms. The molecule has 0 aromatic rings. The van der Waals surface area contributed by atoms with Gasteiger partial charge in [0.2, 0.25) is 0 Å². The van der Waals surface area contributed by atoms with Gasteiger partial charge in [-0.2, -0.15) is 11.8 Å². The van der Waals surface area contributed by atoms with Crippen LogP contribution in [0.15, 0.2) is 34.9 Å². The topological polar surface area (TPSA) is 0 Å². The first-order valence-electron chi connectivity index (χ1n) is 7.64. The van der Waals surface area contributed by atoms with Crippen molar-refractivity contribution in [1.82, 2.24) is 0 Å². The molecule has 116 valence electrons. The molecule has 0 amide bonds. The highest BCUT2D eigenvalue weighted by atomic mass is 79.9. The van der Waals surface area contributed by atoms with Crippen LogP contribution < -0.4 is 0 Å². The summed E-state index contributed by atoms with van der Waals surface area (Å²) in [5.74, 6) is 2.43. The molecule has 0 saturated heterocycles. The van der Waals surface area contributed by atoms with Crippen LogP contribution in [0.25, 0.3) is 0 Å². The Morgan fingerprint density at radius 1 is 0.900 bits per heavy atom. The minimum Gasteiger partial charge on any atom is -0.158 e. The van der Waals surface area contributed by atoms with Crippen LogP contribution in [-0.4, -0.2) is 16.8 Å². The summed E-state index contributed by atoms with van der Waals surface area (Å²) < 4.78 is 0. The van der Waals surface area contributed by atoms with E-state index >= 15 is 0 Å². The van der Waals surface area contributed by atoms with Gasteiger partial charge in [-0.1, -0.05) is 50.9 Å². The Hall–Kier alpha value is 0.0500. The largest absolute Gasteiger partial charge is 0.158 e. The van der Waals surface area contributed by atoms with E-state index in [0.717, 1.165) is 5.33 Å². The lowest BCUT2D eigenvalue weighted by Gasteiger charge is -2.02. The second-order valence-corrected chi connectivity index (χ2v) is 7.52. The van der Waals surface area contributed by atoms with Gasteiger partial charge in [-0.3, -0.25) is 0 Å². The van der Waals surface area contributed by atoms with E-state index in [1.807, 2.05) is 11.8 Å². The van der Waals surface area contributed by atoms with Crippen LogP contribution >= 0.6 is 27.7 Å². The highest BCUT2D eigenvalue weighted by molar-refractivity contribution is 9.09. The molecular weight excluding hydrogens is 328 g/mol. The Balaban J connectivity index is 3.74. The maximum absolute atomic E-state index is 3.47. The minimum atomic E-state index is 1.12. The fourth-order valence-corrected chi connectivity index (χ4v) is 3.35. The van der Waals surface area contributed by atoms with Gasteiger partial charge >= 0.3 is 0 Å². The molecule has 0 aliphatic carbocycles. The summed E-state index contributed by atoms with van der Waals surface area (Å²) in [5, 5.41) is 1.12. The smallest absolute Gasteiger partial charge is 0.0115 e. The normalized spacial score (nSPS) is 12.7. The Labute approximate surface area is 139 Å². The maximum Gasteiger partial charge on any atom is 0.0115 e. The maximum atomic E-state index is 3.47. The number of alkyl halides is 1. The first-order chi connectivity index (χ1) is 9.56. The van der Waals surface area contributed by atoms with Gasteiger partial charge in [0.15, 0.2) is 0 Å². The lowest BCUT2D eigenvalue weighted by molar-refractivity contribution is 0.917. The fourth-order valence-electron chi connectivity index (χ4n) is 1.78. The van der Waals surface area contributed by atoms with Crippen molar-refractivity contribution in [2.75, 3.05) is 16.8 Å². The molecule has 0 heterocycles. The third-order valence-corrected chi connectivity index (χ3v) is 4.64.